The Morgan fingerprint density at radius 2 is 1.80 bits per heavy atom. The monoisotopic (exact) mass is 412 g/mol. The van der Waals surface area contributed by atoms with E-state index in [0.29, 0.717) is 32.2 Å². The van der Waals surface area contributed by atoms with Crippen LogP contribution in [0.3, 0.4) is 0 Å². The maximum atomic E-state index is 13.8. The highest BCUT2D eigenvalue weighted by molar-refractivity contribution is 5.79. The van der Waals surface area contributed by atoms with Crippen molar-refractivity contribution in [3.63, 3.8) is 0 Å². The first-order chi connectivity index (χ1) is 14.7. The highest BCUT2D eigenvalue weighted by atomic mass is 19.1. The van der Waals surface area contributed by atoms with Crippen molar-refractivity contribution < 1.29 is 9.13 Å². The van der Waals surface area contributed by atoms with Crippen LogP contribution in [0.15, 0.2) is 59.6 Å². The summed E-state index contributed by atoms with van der Waals surface area (Å²) in [6.45, 7) is 5.56. The number of nitrogens with zero attached hydrogens (tertiary/aromatic N) is 2. The van der Waals surface area contributed by atoms with Crippen LogP contribution < -0.4 is 10.6 Å². The van der Waals surface area contributed by atoms with Crippen LogP contribution in [0.1, 0.15) is 24.0 Å². The van der Waals surface area contributed by atoms with Gasteiger partial charge in [0.25, 0.3) is 0 Å². The molecular weight excluding hydrogens is 379 g/mol. The predicted molar refractivity (Wildman–Crippen MR) is 120 cm³/mol. The topological polar surface area (TPSA) is 48.9 Å². The van der Waals surface area contributed by atoms with Crippen molar-refractivity contribution in [1.82, 2.24) is 15.5 Å². The lowest BCUT2D eigenvalue weighted by Crippen LogP contribution is -2.43. The molecule has 2 aromatic carbocycles. The van der Waals surface area contributed by atoms with E-state index in [2.05, 4.69) is 32.7 Å². The second kappa shape index (κ2) is 12.3. The van der Waals surface area contributed by atoms with Gasteiger partial charge in [-0.25, -0.2) is 4.39 Å². The van der Waals surface area contributed by atoms with Crippen LogP contribution in [-0.4, -0.2) is 50.7 Å². The summed E-state index contributed by atoms with van der Waals surface area (Å²) in [5.41, 5.74) is 1.97. The first-order valence-electron chi connectivity index (χ1n) is 10.8. The van der Waals surface area contributed by atoms with Crippen molar-refractivity contribution in [2.45, 2.75) is 26.0 Å². The standard InChI is InChI=1S/C24H33FN4O/c1-26-24(27-13-16-30-19-21-7-3-2-4-8-21)28-17-20-11-14-29(15-12-20)18-22-9-5-6-10-23(22)25/h2-10,20H,11-19H2,1H3,(H2,26,27,28). The Bertz CT molecular complexity index is 776. The van der Waals surface area contributed by atoms with Gasteiger partial charge in [0.1, 0.15) is 5.82 Å². The minimum atomic E-state index is -0.107. The molecule has 0 saturated carbocycles. The van der Waals surface area contributed by atoms with Crippen LogP contribution in [0.5, 0.6) is 0 Å². The molecule has 5 nitrogen and oxygen atoms in total. The summed E-state index contributed by atoms with van der Waals surface area (Å²) >= 11 is 0. The number of nitrogens with one attached hydrogen (secondary N) is 2. The molecule has 1 saturated heterocycles. The van der Waals surface area contributed by atoms with E-state index in [9.17, 15) is 4.39 Å². The van der Waals surface area contributed by atoms with E-state index in [0.717, 1.165) is 44.0 Å². The second-order valence-electron chi connectivity index (χ2n) is 7.73. The fraction of sp³-hybridized carbons (Fsp3) is 0.458. The average molecular weight is 413 g/mol. The molecule has 3 rings (SSSR count). The van der Waals surface area contributed by atoms with Crippen LogP contribution >= 0.6 is 0 Å². The highest BCUT2D eigenvalue weighted by Gasteiger charge is 2.20. The van der Waals surface area contributed by atoms with E-state index in [-0.39, 0.29) is 5.82 Å². The molecule has 0 radical (unpaired) electrons. The Hall–Kier alpha value is -2.44. The lowest BCUT2D eigenvalue weighted by molar-refractivity contribution is 0.125. The smallest absolute Gasteiger partial charge is 0.191 e. The Balaban J connectivity index is 1.28. The number of piperidine rings is 1. The van der Waals surface area contributed by atoms with Gasteiger partial charge in [0.2, 0.25) is 0 Å². The second-order valence-corrected chi connectivity index (χ2v) is 7.73. The number of hydrogen-bond donors (Lipinski definition) is 2. The fourth-order valence-corrected chi connectivity index (χ4v) is 3.68. The zero-order chi connectivity index (χ0) is 21.0. The summed E-state index contributed by atoms with van der Waals surface area (Å²) in [5.74, 6) is 1.31. The van der Waals surface area contributed by atoms with Crippen LogP contribution in [0.4, 0.5) is 4.39 Å². The molecule has 162 valence electrons. The SMILES string of the molecule is CN=C(NCCOCc1ccccc1)NCC1CCN(Cc2ccccc2F)CC1. The molecule has 1 aliphatic rings. The first kappa shape index (κ1) is 22.2. The lowest BCUT2D eigenvalue weighted by Gasteiger charge is -2.32. The van der Waals surface area contributed by atoms with Crippen LogP contribution in [0, 0.1) is 11.7 Å². The molecule has 2 aromatic rings. The first-order valence-corrected chi connectivity index (χ1v) is 10.8. The van der Waals surface area contributed by atoms with E-state index in [1.165, 1.54) is 11.6 Å². The van der Waals surface area contributed by atoms with Gasteiger partial charge < -0.3 is 15.4 Å². The summed E-state index contributed by atoms with van der Waals surface area (Å²) in [5, 5.41) is 6.73. The molecule has 30 heavy (non-hydrogen) atoms. The maximum absolute atomic E-state index is 13.8. The molecule has 0 bridgehead atoms. The average Bonchev–Trinajstić information content (AvgIpc) is 2.79. The van der Waals surface area contributed by atoms with Crippen molar-refractivity contribution in [3.05, 3.63) is 71.5 Å². The molecule has 0 atom stereocenters. The normalized spacial score (nSPS) is 15.9. The van der Waals surface area contributed by atoms with Gasteiger partial charge in [0.15, 0.2) is 5.96 Å². The molecule has 0 amide bonds. The minimum absolute atomic E-state index is 0.107. The number of likely N-dealkylation sites (tertiary alicyclic amines) is 1. The Morgan fingerprint density at radius 3 is 2.53 bits per heavy atom. The van der Waals surface area contributed by atoms with Gasteiger partial charge in [-0.15, -0.1) is 0 Å². The van der Waals surface area contributed by atoms with Crippen molar-refractivity contribution in [1.29, 1.82) is 0 Å². The largest absolute Gasteiger partial charge is 0.375 e. The third-order valence-electron chi connectivity index (χ3n) is 5.49. The molecule has 6 heteroatoms. The molecule has 0 aromatic heterocycles. The molecule has 0 aliphatic carbocycles. The quantitative estimate of drug-likeness (QED) is 0.376. The van der Waals surface area contributed by atoms with E-state index in [1.54, 1.807) is 13.1 Å². The molecule has 1 aliphatic heterocycles. The van der Waals surface area contributed by atoms with E-state index in [4.69, 9.17) is 4.74 Å². The zero-order valence-corrected chi connectivity index (χ0v) is 17.8. The van der Waals surface area contributed by atoms with Crippen LogP contribution in [0.2, 0.25) is 0 Å². The Labute approximate surface area is 179 Å². The van der Waals surface area contributed by atoms with Gasteiger partial charge >= 0.3 is 0 Å². The van der Waals surface area contributed by atoms with E-state index < -0.39 is 0 Å². The number of hydrogen-bond acceptors (Lipinski definition) is 3. The summed E-state index contributed by atoms with van der Waals surface area (Å²) in [6.07, 6.45) is 2.22. The van der Waals surface area contributed by atoms with E-state index >= 15 is 0 Å². The summed E-state index contributed by atoms with van der Waals surface area (Å²) in [4.78, 5) is 6.63. The molecule has 0 spiro atoms. The number of guanidine groups is 1. The molecular formula is C24H33FN4O. The van der Waals surface area contributed by atoms with Gasteiger partial charge in [-0.05, 0) is 43.5 Å². The number of benzene rings is 2. The van der Waals surface area contributed by atoms with Crippen LogP contribution in [0.25, 0.3) is 0 Å². The molecule has 1 heterocycles. The number of aliphatic imine (C=N–C) groups is 1. The van der Waals surface area contributed by atoms with Gasteiger partial charge in [0, 0.05) is 32.2 Å². The summed E-state index contributed by atoms with van der Waals surface area (Å²) in [6, 6.07) is 17.2. The van der Waals surface area contributed by atoms with Crippen molar-refractivity contribution >= 4 is 5.96 Å². The third kappa shape index (κ3) is 7.43. The lowest BCUT2D eigenvalue weighted by atomic mass is 9.96. The maximum Gasteiger partial charge on any atom is 0.191 e. The van der Waals surface area contributed by atoms with E-state index in [1.807, 2.05) is 30.3 Å². The number of halogens is 1. The van der Waals surface area contributed by atoms with Crippen molar-refractivity contribution in [2.75, 3.05) is 39.8 Å². The van der Waals surface area contributed by atoms with Gasteiger partial charge in [-0.2, -0.15) is 0 Å². The van der Waals surface area contributed by atoms with Gasteiger partial charge in [0.05, 0.1) is 13.2 Å². The number of rotatable bonds is 9. The summed E-state index contributed by atoms with van der Waals surface area (Å²) in [7, 11) is 1.79. The summed E-state index contributed by atoms with van der Waals surface area (Å²) < 4.78 is 19.5. The predicted octanol–water partition coefficient (Wildman–Crippen LogP) is 3.42. The number of ether oxygens (including phenoxy) is 1. The molecule has 0 unspecified atom stereocenters. The van der Waals surface area contributed by atoms with Crippen molar-refractivity contribution in [3.8, 4) is 0 Å². The van der Waals surface area contributed by atoms with Gasteiger partial charge in [-0.3, -0.25) is 9.89 Å². The zero-order valence-electron chi connectivity index (χ0n) is 17.8. The Kier molecular flexibility index (Phi) is 9.12. The van der Waals surface area contributed by atoms with Gasteiger partial charge in [-0.1, -0.05) is 48.5 Å². The third-order valence-corrected chi connectivity index (χ3v) is 5.49. The highest BCUT2D eigenvalue weighted by Crippen LogP contribution is 2.19. The molecule has 1 fully saturated rings. The Morgan fingerprint density at radius 1 is 1.07 bits per heavy atom. The minimum Gasteiger partial charge on any atom is -0.375 e. The van der Waals surface area contributed by atoms with Crippen molar-refractivity contribution in [2.24, 2.45) is 10.9 Å². The van der Waals surface area contributed by atoms with Crippen LogP contribution in [-0.2, 0) is 17.9 Å². The fourth-order valence-electron chi connectivity index (χ4n) is 3.68. The molecule has 2 N–H and O–H groups in total.